The Morgan fingerprint density at radius 2 is 2.18 bits per heavy atom. The predicted octanol–water partition coefficient (Wildman–Crippen LogP) is 4.00. The average molecular weight is 266 g/mol. The fraction of sp³-hybridized carbons (Fsp3) is 0.462. The summed E-state index contributed by atoms with van der Waals surface area (Å²) in [4.78, 5) is 7.04. The molecular weight excluding hydrogens is 248 g/mol. The number of aromatic nitrogens is 1. The maximum absolute atomic E-state index is 4.28. The van der Waals surface area contributed by atoms with E-state index in [4.69, 9.17) is 0 Å². The first-order chi connectivity index (χ1) is 8.18. The maximum atomic E-state index is 4.28. The zero-order valence-corrected chi connectivity index (χ0v) is 12.1. The van der Waals surface area contributed by atoms with Gasteiger partial charge in [-0.1, -0.05) is 19.9 Å². The number of nitrogens with zero attached hydrogens (tertiary/aromatic N) is 1. The van der Waals surface area contributed by atoms with Crippen LogP contribution >= 0.6 is 22.7 Å². The molecule has 92 valence electrons. The maximum Gasteiger partial charge on any atom is 0.0798 e. The predicted molar refractivity (Wildman–Crippen MR) is 75.6 cm³/mol. The minimum atomic E-state index is 0.441. The van der Waals surface area contributed by atoms with Crippen LogP contribution in [0.3, 0.4) is 0 Å². The molecule has 0 fully saturated rings. The first kappa shape index (κ1) is 12.7. The highest BCUT2D eigenvalue weighted by molar-refractivity contribution is 7.10. The highest BCUT2D eigenvalue weighted by Crippen LogP contribution is 2.26. The Kier molecular flexibility index (Phi) is 4.31. The van der Waals surface area contributed by atoms with Gasteiger partial charge in [0.15, 0.2) is 0 Å². The lowest BCUT2D eigenvalue weighted by Gasteiger charge is -2.21. The highest BCUT2D eigenvalue weighted by atomic mass is 32.1. The second-order valence-electron chi connectivity index (χ2n) is 4.48. The van der Waals surface area contributed by atoms with Crippen molar-refractivity contribution >= 4 is 22.7 Å². The Morgan fingerprint density at radius 1 is 1.35 bits per heavy atom. The van der Waals surface area contributed by atoms with Gasteiger partial charge in [-0.3, -0.25) is 0 Å². The van der Waals surface area contributed by atoms with Crippen LogP contribution in [0.4, 0.5) is 0 Å². The molecular formula is C13H18N2S2. The van der Waals surface area contributed by atoms with Gasteiger partial charge >= 0.3 is 0 Å². The summed E-state index contributed by atoms with van der Waals surface area (Å²) >= 11 is 3.56. The van der Waals surface area contributed by atoms with Gasteiger partial charge in [-0.05, 0) is 24.3 Å². The van der Waals surface area contributed by atoms with Gasteiger partial charge in [0, 0.05) is 22.3 Å². The molecule has 17 heavy (non-hydrogen) atoms. The minimum Gasteiger partial charge on any atom is -0.304 e. The van der Waals surface area contributed by atoms with Gasteiger partial charge in [0.25, 0.3) is 0 Å². The van der Waals surface area contributed by atoms with Crippen molar-refractivity contribution in [2.24, 2.45) is 5.92 Å². The quantitative estimate of drug-likeness (QED) is 0.885. The number of rotatable bonds is 5. The van der Waals surface area contributed by atoms with E-state index in [2.05, 4.69) is 48.6 Å². The van der Waals surface area contributed by atoms with Crippen molar-refractivity contribution in [2.75, 3.05) is 0 Å². The third-order valence-electron chi connectivity index (χ3n) is 2.84. The van der Waals surface area contributed by atoms with E-state index >= 15 is 0 Å². The zero-order chi connectivity index (χ0) is 12.3. The summed E-state index contributed by atoms with van der Waals surface area (Å²) in [6, 6.07) is 4.77. The summed E-state index contributed by atoms with van der Waals surface area (Å²) in [6.45, 7) is 7.51. The first-order valence-corrected chi connectivity index (χ1v) is 7.60. The lowest BCUT2D eigenvalue weighted by atomic mass is 10.0. The standard InChI is InChI=1S/C13H18N2S2/c1-9(2)13(11-5-4-6-16-11)14-7-12-10(3)15-8-17-12/h4-6,8-9,13-14H,7H2,1-3H3. The monoisotopic (exact) mass is 266 g/mol. The second kappa shape index (κ2) is 5.76. The minimum absolute atomic E-state index is 0.441. The van der Waals surface area contributed by atoms with Crippen molar-refractivity contribution in [1.82, 2.24) is 10.3 Å². The summed E-state index contributed by atoms with van der Waals surface area (Å²) in [5, 5.41) is 5.79. The van der Waals surface area contributed by atoms with Crippen molar-refractivity contribution in [3.63, 3.8) is 0 Å². The van der Waals surface area contributed by atoms with Crippen LogP contribution in [0.2, 0.25) is 0 Å². The molecule has 1 N–H and O–H groups in total. The van der Waals surface area contributed by atoms with E-state index < -0.39 is 0 Å². The van der Waals surface area contributed by atoms with Crippen LogP contribution in [0.15, 0.2) is 23.0 Å². The van der Waals surface area contributed by atoms with Crippen LogP contribution in [-0.2, 0) is 6.54 Å². The number of thiazole rings is 1. The van der Waals surface area contributed by atoms with Crippen LogP contribution in [-0.4, -0.2) is 4.98 Å². The lowest BCUT2D eigenvalue weighted by molar-refractivity contribution is 0.417. The molecule has 0 saturated heterocycles. The van der Waals surface area contributed by atoms with Crippen LogP contribution in [0.5, 0.6) is 0 Å². The smallest absolute Gasteiger partial charge is 0.0798 e. The van der Waals surface area contributed by atoms with Gasteiger partial charge < -0.3 is 5.32 Å². The SMILES string of the molecule is Cc1ncsc1CNC(c1cccs1)C(C)C. The number of nitrogens with one attached hydrogen (secondary N) is 1. The first-order valence-electron chi connectivity index (χ1n) is 5.84. The zero-order valence-electron chi connectivity index (χ0n) is 10.4. The Bertz CT molecular complexity index is 446. The van der Waals surface area contributed by atoms with Crippen LogP contribution in [0.25, 0.3) is 0 Å². The van der Waals surface area contributed by atoms with E-state index in [1.165, 1.54) is 9.75 Å². The number of thiophene rings is 1. The van der Waals surface area contributed by atoms with Crippen LogP contribution in [0, 0.1) is 12.8 Å². The average Bonchev–Trinajstić information content (AvgIpc) is 2.91. The van der Waals surface area contributed by atoms with Crippen molar-refractivity contribution in [3.8, 4) is 0 Å². The summed E-state index contributed by atoms with van der Waals surface area (Å²) < 4.78 is 0. The molecule has 2 rings (SSSR count). The van der Waals surface area contributed by atoms with Gasteiger partial charge in [-0.25, -0.2) is 4.98 Å². The van der Waals surface area contributed by atoms with Gasteiger partial charge in [0.1, 0.15) is 0 Å². The van der Waals surface area contributed by atoms with Crippen molar-refractivity contribution in [3.05, 3.63) is 38.5 Å². The molecule has 4 heteroatoms. The Hall–Kier alpha value is -0.710. The normalized spacial score (nSPS) is 13.2. The largest absolute Gasteiger partial charge is 0.304 e. The summed E-state index contributed by atoms with van der Waals surface area (Å²) in [5.74, 6) is 0.599. The van der Waals surface area contributed by atoms with E-state index in [-0.39, 0.29) is 0 Å². The molecule has 1 unspecified atom stereocenters. The van der Waals surface area contributed by atoms with Crippen LogP contribution < -0.4 is 5.32 Å². The van der Waals surface area contributed by atoms with E-state index in [1.54, 1.807) is 11.3 Å². The Balaban J connectivity index is 2.02. The van der Waals surface area contributed by atoms with Gasteiger partial charge in [0.05, 0.1) is 11.2 Å². The molecule has 2 aromatic rings. The molecule has 2 heterocycles. The fourth-order valence-corrected chi connectivity index (χ4v) is 3.53. The molecule has 0 aliphatic heterocycles. The van der Waals surface area contributed by atoms with Crippen LogP contribution in [0.1, 0.15) is 35.3 Å². The molecule has 0 radical (unpaired) electrons. The molecule has 0 aliphatic carbocycles. The molecule has 1 atom stereocenters. The Morgan fingerprint density at radius 3 is 2.71 bits per heavy atom. The van der Waals surface area contributed by atoms with E-state index in [0.717, 1.165) is 12.2 Å². The topological polar surface area (TPSA) is 24.9 Å². The lowest BCUT2D eigenvalue weighted by Crippen LogP contribution is -2.24. The molecule has 0 aromatic carbocycles. The second-order valence-corrected chi connectivity index (χ2v) is 6.40. The molecule has 0 aliphatic rings. The van der Waals surface area contributed by atoms with Crippen molar-refractivity contribution < 1.29 is 0 Å². The number of hydrogen-bond donors (Lipinski definition) is 1. The van der Waals surface area contributed by atoms with Gasteiger partial charge in [-0.15, -0.1) is 22.7 Å². The number of hydrogen-bond acceptors (Lipinski definition) is 4. The van der Waals surface area contributed by atoms with Crippen molar-refractivity contribution in [1.29, 1.82) is 0 Å². The highest BCUT2D eigenvalue weighted by Gasteiger charge is 2.16. The molecule has 0 bridgehead atoms. The summed E-state index contributed by atoms with van der Waals surface area (Å²) in [7, 11) is 0. The molecule has 0 spiro atoms. The van der Waals surface area contributed by atoms with Crippen molar-refractivity contribution in [2.45, 2.75) is 33.4 Å². The van der Waals surface area contributed by atoms with Gasteiger partial charge in [0.2, 0.25) is 0 Å². The van der Waals surface area contributed by atoms with E-state index in [0.29, 0.717) is 12.0 Å². The molecule has 2 nitrogen and oxygen atoms in total. The molecule has 2 aromatic heterocycles. The Labute approximate surface area is 111 Å². The molecule has 0 saturated carbocycles. The summed E-state index contributed by atoms with van der Waals surface area (Å²) in [5.41, 5.74) is 3.07. The molecule has 0 amide bonds. The van der Waals surface area contributed by atoms with E-state index in [9.17, 15) is 0 Å². The van der Waals surface area contributed by atoms with Gasteiger partial charge in [-0.2, -0.15) is 0 Å². The third-order valence-corrected chi connectivity index (χ3v) is 4.73. The third kappa shape index (κ3) is 3.15. The summed E-state index contributed by atoms with van der Waals surface area (Å²) in [6.07, 6.45) is 0. The van der Waals surface area contributed by atoms with E-state index in [1.807, 2.05) is 16.8 Å². The fourth-order valence-electron chi connectivity index (χ4n) is 1.83. The number of aryl methyl sites for hydroxylation is 1.